The van der Waals surface area contributed by atoms with Gasteiger partial charge in [0.25, 0.3) is 0 Å². The molecule has 0 atom stereocenters. The lowest BCUT2D eigenvalue weighted by molar-refractivity contribution is -0.117. The van der Waals surface area contributed by atoms with Crippen LogP contribution in [0.4, 0.5) is 0 Å². The third-order valence-electron chi connectivity index (χ3n) is 4.74. The van der Waals surface area contributed by atoms with Crippen LogP contribution in [0, 0.1) is 0 Å². The molecule has 1 aliphatic heterocycles. The van der Waals surface area contributed by atoms with Crippen LogP contribution in [-0.2, 0) is 22.4 Å². The lowest BCUT2D eigenvalue weighted by Gasteiger charge is -2.20. The Morgan fingerprint density at radius 3 is 2.67 bits per heavy atom. The summed E-state index contributed by atoms with van der Waals surface area (Å²) >= 11 is 1.77. The largest absolute Gasteiger partial charge is 0.381 e. The van der Waals surface area contributed by atoms with Crippen molar-refractivity contribution in [2.24, 2.45) is 0 Å². The first-order chi connectivity index (χ1) is 13.3. The molecule has 0 radical (unpaired) electrons. The summed E-state index contributed by atoms with van der Waals surface area (Å²) in [4.78, 5) is 27.7. The molecule has 0 aliphatic carbocycles. The number of pyridine rings is 1. The molecule has 0 aromatic carbocycles. The maximum atomic E-state index is 12.4. The molecular formula is C21H21N3O2S. The summed E-state index contributed by atoms with van der Waals surface area (Å²) in [7, 11) is 0. The van der Waals surface area contributed by atoms with E-state index in [9.17, 15) is 4.79 Å². The monoisotopic (exact) mass is 379 g/mol. The molecule has 27 heavy (non-hydrogen) atoms. The minimum absolute atomic E-state index is 0.190. The van der Waals surface area contributed by atoms with Gasteiger partial charge in [-0.15, -0.1) is 11.3 Å². The zero-order valence-electron chi connectivity index (χ0n) is 15.0. The highest BCUT2D eigenvalue weighted by atomic mass is 32.1. The van der Waals surface area contributed by atoms with Crippen LogP contribution < -0.4 is 0 Å². The van der Waals surface area contributed by atoms with Gasteiger partial charge in [0.2, 0.25) is 0 Å². The second-order valence-corrected chi connectivity index (χ2v) is 7.91. The number of rotatable bonds is 6. The summed E-state index contributed by atoms with van der Waals surface area (Å²) in [5, 5.41) is 0. The van der Waals surface area contributed by atoms with Gasteiger partial charge < -0.3 is 4.74 Å². The number of carbonyl (C=O) groups excluding carboxylic acids is 1. The smallest absolute Gasteiger partial charge is 0.144 e. The van der Waals surface area contributed by atoms with Gasteiger partial charge in [0.05, 0.1) is 11.9 Å². The Bertz CT molecular complexity index is 887. The Hall–Kier alpha value is -2.44. The predicted molar refractivity (Wildman–Crippen MR) is 105 cm³/mol. The van der Waals surface area contributed by atoms with Gasteiger partial charge in [-0.2, -0.15) is 0 Å². The zero-order valence-corrected chi connectivity index (χ0v) is 15.8. The van der Waals surface area contributed by atoms with Gasteiger partial charge in [-0.25, -0.2) is 0 Å². The highest BCUT2D eigenvalue weighted by Gasteiger charge is 2.18. The molecule has 1 saturated heterocycles. The minimum Gasteiger partial charge on any atom is -0.381 e. The van der Waals surface area contributed by atoms with Crippen molar-refractivity contribution in [3.8, 4) is 11.3 Å². The van der Waals surface area contributed by atoms with E-state index in [0.717, 1.165) is 47.9 Å². The van der Waals surface area contributed by atoms with E-state index in [2.05, 4.69) is 27.1 Å². The van der Waals surface area contributed by atoms with Crippen molar-refractivity contribution in [3.63, 3.8) is 0 Å². The SMILES string of the molecule is O=C(Cc1ccc(-c2cnccn2)cn1)Cc1ccc(C2CCOCC2)s1. The summed E-state index contributed by atoms with van der Waals surface area (Å²) in [6.45, 7) is 1.68. The molecule has 1 fully saturated rings. The summed E-state index contributed by atoms with van der Waals surface area (Å²) in [6, 6.07) is 8.10. The maximum absolute atomic E-state index is 12.4. The van der Waals surface area contributed by atoms with Gasteiger partial charge in [-0.05, 0) is 43.0 Å². The van der Waals surface area contributed by atoms with Crippen molar-refractivity contribution in [2.75, 3.05) is 13.2 Å². The summed E-state index contributed by atoms with van der Waals surface area (Å²) in [5.41, 5.74) is 2.47. The fraction of sp³-hybridized carbons (Fsp3) is 0.333. The lowest BCUT2D eigenvalue weighted by Crippen LogP contribution is -2.12. The van der Waals surface area contributed by atoms with Crippen LogP contribution in [0.2, 0.25) is 0 Å². The average molecular weight is 379 g/mol. The second-order valence-electron chi connectivity index (χ2n) is 6.71. The molecule has 6 heteroatoms. The van der Waals surface area contributed by atoms with Crippen molar-refractivity contribution < 1.29 is 9.53 Å². The van der Waals surface area contributed by atoms with Gasteiger partial charge in [0.1, 0.15) is 5.78 Å². The van der Waals surface area contributed by atoms with Crippen molar-refractivity contribution in [1.82, 2.24) is 15.0 Å². The zero-order chi connectivity index (χ0) is 18.5. The van der Waals surface area contributed by atoms with E-state index in [-0.39, 0.29) is 5.78 Å². The number of Topliss-reactive ketones (excluding diaryl/α,β-unsaturated/α-hetero) is 1. The van der Waals surface area contributed by atoms with Crippen LogP contribution in [0.3, 0.4) is 0 Å². The topological polar surface area (TPSA) is 65.0 Å². The first kappa shape index (κ1) is 17.9. The number of aromatic nitrogens is 3. The average Bonchev–Trinajstić information content (AvgIpc) is 3.18. The van der Waals surface area contributed by atoms with Crippen LogP contribution in [0.15, 0.2) is 49.1 Å². The van der Waals surface area contributed by atoms with Gasteiger partial charge in [0, 0.05) is 65.7 Å². The molecule has 0 bridgehead atoms. The van der Waals surface area contributed by atoms with Crippen molar-refractivity contribution in [2.45, 2.75) is 31.6 Å². The third kappa shape index (κ3) is 4.64. The Labute approximate surface area is 162 Å². The summed E-state index contributed by atoms with van der Waals surface area (Å²) < 4.78 is 5.43. The van der Waals surface area contributed by atoms with Gasteiger partial charge in [-0.1, -0.05) is 0 Å². The Kier molecular flexibility index (Phi) is 5.65. The fourth-order valence-electron chi connectivity index (χ4n) is 3.28. The molecule has 0 unspecified atom stereocenters. The molecule has 0 N–H and O–H groups in total. The molecule has 4 heterocycles. The molecule has 5 nitrogen and oxygen atoms in total. The van der Waals surface area contributed by atoms with Crippen LogP contribution in [0.5, 0.6) is 0 Å². The first-order valence-electron chi connectivity index (χ1n) is 9.17. The summed E-state index contributed by atoms with van der Waals surface area (Å²) in [5.74, 6) is 0.776. The third-order valence-corrected chi connectivity index (χ3v) is 5.99. The highest BCUT2D eigenvalue weighted by molar-refractivity contribution is 7.12. The van der Waals surface area contributed by atoms with E-state index in [1.165, 1.54) is 4.88 Å². The second kappa shape index (κ2) is 8.50. The normalized spacial score (nSPS) is 15.0. The fourth-order valence-corrected chi connectivity index (χ4v) is 4.49. The Morgan fingerprint density at radius 1 is 1.04 bits per heavy atom. The van der Waals surface area contributed by atoms with Gasteiger partial charge >= 0.3 is 0 Å². The first-order valence-corrected chi connectivity index (χ1v) is 9.99. The van der Waals surface area contributed by atoms with Crippen LogP contribution in [0.1, 0.15) is 34.2 Å². The van der Waals surface area contributed by atoms with E-state index in [4.69, 9.17) is 4.74 Å². The molecule has 0 saturated carbocycles. The molecule has 3 aromatic heterocycles. The number of carbonyl (C=O) groups is 1. The van der Waals surface area contributed by atoms with Crippen molar-refractivity contribution >= 4 is 17.1 Å². The lowest BCUT2D eigenvalue weighted by atomic mass is 9.99. The Morgan fingerprint density at radius 2 is 1.93 bits per heavy atom. The van der Waals surface area contributed by atoms with Crippen LogP contribution in [-0.4, -0.2) is 33.9 Å². The molecular weight excluding hydrogens is 358 g/mol. The quantitative estimate of drug-likeness (QED) is 0.651. The molecule has 138 valence electrons. The van der Waals surface area contributed by atoms with E-state index in [1.54, 1.807) is 36.1 Å². The number of hydrogen-bond donors (Lipinski definition) is 0. The molecule has 1 aliphatic rings. The molecule has 0 spiro atoms. The van der Waals surface area contributed by atoms with Crippen molar-refractivity contribution in [1.29, 1.82) is 0 Å². The minimum atomic E-state index is 0.190. The number of ketones is 1. The number of nitrogens with zero attached hydrogens (tertiary/aromatic N) is 3. The maximum Gasteiger partial charge on any atom is 0.144 e. The number of thiophene rings is 1. The van der Waals surface area contributed by atoms with Crippen molar-refractivity contribution in [3.05, 3.63) is 64.5 Å². The predicted octanol–water partition coefficient (Wildman–Crippen LogP) is 3.85. The van der Waals surface area contributed by atoms with E-state index in [1.807, 2.05) is 12.1 Å². The van der Waals surface area contributed by atoms with E-state index < -0.39 is 0 Å². The summed E-state index contributed by atoms with van der Waals surface area (Å²) in [6.07, 6.45) is 9.73. The van der Waals surface area contributed by atoms with Gasteiger partial charge in [-0.3, -0.25) is 19.7 Å². The molecule has 3 aromatic rings. The molecule has 0 amide bonds. The highest BCUT2D eigenvalue weighted by Crippen LogP contribution is 2.32. The van der Waals surface area contributed by atoms with E-state index in [0.29, 0.717) is 18.8 Å². The molecule has 4 rings (SSSR count). The standard InChI is InChI=1S/C21H21N3O2S/c25-18(12-19-3-4-21(27-19)15-5-9-26-10-6-15)11-17-2-1-16(13-24-17)20-14-22-7-8-23-20/h1-4,7-8,13-15H,5-6,9-12H2. The van der Waals surface area contributed by atoms with Crippen LogP contribution in [0.25, 0.3) is 11.3 Å². The van der Waals surface area contributed by atoms with E-state index >= 15 is 0 Å². The number of ether oxygens (including phenoxy) is 1. The Balaban J connectivity index is 1.35. The number of hydrogen-bond acceptors (Lipinski definition) is 6. The van der Waals surface area contributed by atoms with Crippen LogP contribution >= 0.6 is 11.3 Å². The van der Waals surface area contributed by atoms with Gasteiger partial charge in [0.15, 0.2) is 0 Å².